The third kappa shape index (κ3) is 2.90. The van der Waals surface area contributed by atoms with Gasteiger partial charge in [-0.25, -0.2) is 14.2 Å². The van der Waals surface area contributed by atoms with Crippen molar-refractivity contribution in [3.05, 3.63) is 52.6 Å². The molecule has 3 rings (SSSR count). The molecule has 0 fully saturated rings. The van der Waals surface area contributed by atoms with Crippen LogP contribution in [-0.2, 0) is 14.3 Å². The van der Waals surface area contributed by atoms with Gasteiger partial charge in [0, 0.05) is 17.8 Å². The van der Waals surface area contributed by atoms with E-state index < -0.39 is 11.9 Å². The molecule has 1 aromatic carbocycles. The van der Waals surface area contributed by atoms with E-state index >= 15 is 0 Å². The third-order valence-corrected chi connectivity index (χ3v) is 4.60. The van der Waals surface area contributed by atoms with Gasteiger partial charge in [0.2, 0.25) is 0 Å². The molecular formula is C19H19N3O5. The number of carbonyl (C=O) groups is 1. The maximum absolute atomic E-state index is 12.2. The zero-order valence-corrected chi connectivity index (χ0v) is 15.4. The third-order valence-electron chi connectivity index (χ3n) is 4.60. The SMILES string of the molecule is COC1=C(C=C=O)N(C(C)C)C(C)=C(C(=O)O)C1c1cccc2nonc12. The van der Waals surface area contributed by atoms with Gasteiger partial charge in [0.15, 0.2) is 0 Å². The molecule has 0 saturated heterocycles. The zero-order valence-electron chi connectivity index (χ0n) is 15.4. The molecule has 140 valence electrons. The van der Waals surface area contributed by atoms with Crippen LogP contribution in [0.3, 0.4) is 0 Å². The number of ether oxygens (including phenoxy) is 1. The Hall–Kier alpha value is -3.38. The standard InChI is InChI=1S/C19H19N3O5/c1-10(2)22-11(3)15(19(24)25)16(18(26-4)14(22)8-9-23)12-6-5-7-13-17(12)21-27-20-13/h5-8,10,16H,1-4H3,(H,24,25). The molecule has 2 aromatic rings. The zero-order chi connectivity index (χ0) is 19.7. The number of fused-ring (bicyclic) bond motifs is 1. The van der Waals surface area contributed by atoms with Crippen LogP contribution in [0.5, 0.6) is 0 Å². The van der Waals surface area contributed by atoms with Gasteiger partial charge < -0.3 is 14.7 Å². The molecule has 2 heterocycles. The number of hydrogen-bond acceptors (Lipinski definition) is 7. The van der Waals surface area contributed by atoms with E-state index in [1.54, 1.807) is 36.0 Å². The molecule has 1 N–H and O–H groups in total. The first-order valence-corrected chi connectivity index (χ1v) is 8.35. The second kappa shape index (κ2) is 7.09. The van der Waals surface area contributed by atoms with Crippen LogP contribution in [0.15, 0.2) is 51.6 Å². The highest BCUT2D eigenvalue weighted by atomic mass is 16.6. The Labute approximate surface area is 155 Å². The molecule has 27 heavy (non-hydrogen) atoms. The number of allylic oxidation sites excluding steroid dienone is 3. The average Bonchev–Trinajstić information content (AvgIpc) is 3.09. The van der Waals surface area contributed by atoms with Crippen LogP contribution >= 0.6 is 0 Å². The molecule has 0 spiro atoms. The van der Waals surface area contributed by atoms with Gasteiger partial charge in [0.05, 0.1) is 24.3 Å². The highest BCUT2D eigenvalue weighted by Gasteiger charge is 2.40. The van der Waals surface area contributed by atoms with E-state index in [1.165, 1.54) is 13.2 Å². The minimum Gasteiger partial charge on any atom is -0.498 e. The summed E-state index contributed by atoms with van der Waals surface area (Å²) in [7, 11) is 1.45. The van der Waals surface area contributed by atoms with E-state index in [2.05, 4.69) is 10.3 Å². The molecule has 0 bridgehead atoms. The second-order valence-electron chi connectivity index (χ2n) is 6.40. The number of carboxylic acids is 1. The van der Waals surface area contributed by atoms with Gasteiger partial charge in [0.25, 0.3) is 0 Å². The molecule has 0 radical (unpaired) electrons. The van der Waals surface area contributed by atoms with Crippen LogP contribution < -0.4 is 0 Å². The van der Waals surface area contributed by atoms with Crippen LogP contribution in [0.2, 0.25) is 0 Å². The van der Waals surface area contributed by atoms with Crippen molar-refractivity contribution in [1.82, 2.24) is 15.2 Å². The Kier molecular flexibility index (Phi) is 4.83. The van der Waals surface area contributed by atoms with Crippen molar-refractivity contribution in [1.29, 1.82) is 0 Å². The Balaban J connectivity index is 2.39. The summed E-state index contributed by atoms with van der Waals surface area (Å²) in [5, 5.41) is 17.7. The van der Waals surface area contributed by atoms with E-state index in [4.69, 9.17) is 9.37 Å². The largest absolute Gasteiger partial charge is 0.498 e. The Bertz CT molecular complexity index is 1010. The summed E-state index contributed by atoms with van der Waals surface area (Å²) in [4.78, 5) is 25.1. The predicted molar refractivity (Wildman–Crippen MR) is 96.2 cm³/mol. The summed E-state index contributed by atoms with van der Waals surface area (Å²) in [6.45, 7) is 5.51. The van der Waals surface area contributed by atoms with Gasteiger partial charge in [-0.3, -0.25) is 0 Å². The quantitative estimate of drug-likeness (QED) is 0.802. The number of aromatic nitrogens is 2. The fourth-order valence-electron chi connectivity index (χ4n) is 3.64. The monoisotopic (exact) mass is 369 g/mol. The van der Waals surface area contributed by atoms with Crippen molar-refractivity contribution in [3.8, 4) is 0 Å². The van der Waals surface area contributed by atoms with Crippen molar-refractivity contribution in [2.75, 3.05) is 7.11 Å². The van der Waals surface area contributed by atoms with E-state index in [1.807, 2.05) is 13.8 Å². The van der Waals surface area contributed by atoms with Gasteiger partial charge in [-0.2, -0.15) is 0 Å². The first-order valence-electron chi connectivity index (χ1n) is 8.35. The summed E-state index contributed by atoms with van der Waals surface area (Å²) < 4.78 is 10.4. The number of carbonyl (C=O) groups excluding carboxylic acids is 1. The lowest BCUT2D eigenvalue weighted by atomic mass is 9.83. The lowest BCUT2D eigenvalue weighted by molar-refractivity contribution is -0.133. The van der Waals surface area contributed by atoms with E-state index in [-0.39, 0.29) is 11.6 Å². The summed E-state index contributed by atoms with van der Waals surface area (Å²) in [5.74, 6) is 0.246. The maximum atomic E-state index is 12.2. The normalized spacial score (nSPS) is 17.5. The van der Waals surface area contributed by atoms with Crippen molar-refractivity contribution >= 4 is 22.9 Å². The second-order valence-corrected chi connectivity index (χ2v) is 6.40. The average molecular weight is 369 g/mol. The topological polar surface area (TPSA) is 106 Å². The number of nitrogens with zero attached hydrogens (tertiary/aromatic N) is 3. The van der Waals surface area contributed by atoms with Gasteiger partial charge in [-0.1, -0.05) is 12.1 Å². The van der Waals surface area contributed by atoms with Crippen molar-refractivity contribution < 1.29 is 24.1 Å². The molecule has 1 unspecified atom stereocenters. The Morgan fingerprint density at radius 2 is 2.15 bits per heavy atom. The van der Waals surface area contributed by atoms with Gasteiger partial charge in [-0.15, -0.1) is 0 Å². The number of benzene rings is 1. The number of aliphatic carboxylic acids is 1. The smallest absolute Gasteiger partial charge is 0.334 e. The maximum Gasteiger partial charge on any atom is 0.334 e. The summed E-state index contributed by atoms with van der Waals surface area (Å²) in [6.07, 6.45) is 1.26. The van der Waals surface area contributed by atoms with Crippen LogP contribution in [-0.4, -0.2) is 45.4 Å². The highest BCUT2D eigenvalue weighted by Crippen LogP contribution is 2.44. The van der Waals surface area contributed by atoms with Crippen LogP contribution in [0.25, 0.3) is 11.0 Å². The van der Waals surface area contributed by atoms with Crippen LogP contribution in [0, 0.1) is 0 Å². The fourth-order valence-corrected chi connectivity index (χ4v) is 3.64. The molecule has 1 aliphatic rings. The molecule has 8 heteroatoms. The predicted octanol–water partition coefficient (Wildman–Crippen LogP) is 2.63. The summed E-state index contributed by atoms with van der Waals surface area (Å²) >= 11 is 0. The molecule has 0 aliphatic carbocycles. The summed E-state index contributed by atoms with van der Waals surface area (Å²) in [5.41, 5.74) is 2.63. The van der Waals surface area contributed by atoms with Crippen LogP contribution in [0.1, 0.15) is 32.3 Å². The lowest BCUT2D eigenvalue weighted by Crippen LogP contribution is -2.37. The molecule has 8 nitrogen and oxygen atoms in total. The summed E-state index contributed by atoms with van der Waals surface area (Å²) in [6, 6.07) is 5.11. The van der Waals surface area contributed by atoms with Gasteiger partial charge in [-0.05, 0) is 42.7 Å². The Morgan fingerprint density at radius 3 is 2.74 bits per heavy atom. The van der Waals surface area contributed by atoms with Crippen molar-refractivity contribution in [2.24, 2.45) is 0 Å². The Morgan fingerprint density at radius 1 is 1.41 bits per heavy atom. The number of hydrogen-bond donors (Lipinski definition) is 1. The van der Waals surface area contributed by atoms with E-state index in [9.17, 15) is 14.7 Å². The molecule has 1 atom stereocenters. The first kappa shape index (κ1) is 18.4. The number of methoxy groups -OCH3 is 1. The first-order chi connectivity index (χ1) is 12.9. The fraction of sp³-hybridized carbons (Fsp3) is 0.316. The number of rotatable bonds is 5. The lowest BCUT2D eigenvalue weighted by Gasteiger charge is -2.39. The van der Waals surface area contributed by atoms with Crippen molar-refractivity contribution in [2.45, 2.75) is 32.7 Å². The van der Waals surface area contributed by atoms with Crippen molar-refractivity contribution in [3.63, 3.8) is 0 Å². The van der Waals surface area contributed by atoms with E-state index in [0.29, 0.717) is 33.8 Å². The molecule has 0 saturated carbocycles. The van der Waals surface area contributed by atoms with Gasteiger partial charge >= 0.3 is 5.97 Å². The van der Waals surface area contributed by atoms with E-state index in [0.717, 1.165) is 0 Å². The molecule has 1 aliphatic heterocycles. The minimum atomic E-state index is -1.08. The van der Waals surface area contributed by atoms with Gasteiger partial charge in [0.1, 0.15) is 22.7 Å². The molecule has 1 aromatic heterocycles. The number of carboxylic acid groups (broad SMARTS) is 1. The highest BCUT2D eigenvalue weighted by molar-refractivity contribution is 5.93. The minimum absolute atomic E-state index is 0.102. The van der Waals surface area contributed by atoms with Crippen LogP contribution in [0.4, 0.5) is 0 Å². The molecule has 0 amide bonds. The molecular weight excluding hydrogens is 350 g/mol.